The van der Waals surface area contributed by atoms with Crippen LogP contribution in [0.2, 0.25) is 0 Å². The predicted molar refractivity (Wildman–Crippen MR) is 94.0 cm³/mol. The Morgan fingerprint density at radius 3 is 2.32 bits per heavy atom. The van der Waals surface area contributed by atoms with E-state index in [1.54, 1.807) is 6.20 Å². The second kappa shape index (κ2) is 7.17. The van der Waals surface area contributed by atoms with Crippen LogP contribution in [0.3, 0.4) is 0 Å². The molecule has 0 fully saturated rings. The molecule has 0 unspecified atom stereocenters. The van der Waals surface area contributed by atoms with Gasteiger partial charge in [-0.25, -0.2) is 4.39 Å². The number of halogens is 1. The molecule has 3 aromatic rings. The van der Waals surface area contributed by atoms with E-state index in [2.05, 4.69) is 10.6 Å². The summed E-state index contributed by atoms with van der Waals surface area (Å²) in [6, 6.07) is 13.0. The molecule has 0 spiro atoms. The van der Waals surface area contributed by atoms with Crippen LogP contribution in [0.4, 0.5) is 4.39 Å². The first-order valence-electron chi connectivity index (χ1n) is 7.92. The Kier molecular flexibility index (Phi) is 4.79. The molecule has 0 aliphatic carbocycles. The van der Waals surface area contributed by atoms with Crippen molar-refractivity contribution in [3.8, 4) is 0 Å². The fourth-order valence-electron chi connectivity index (χ4n) is 2.67. The minimum absolute atomic E-state index is 0.187. The third-order valence-corrected chi connectivity index (χ3v) is 3.94. The lowest BCUT2D eigenvalue weighted by Crippen LogP contribution is -2.34. The van der Waals surface area contributed by atoms with Crippen LogP contribution in [0.25, 0.3) is 10.9 Å². The highest BCUT2D eigenvalue weighted by atomic mass is 19.1. The minimum Gasteiger partial charge on any atom is -0.350 e. The first kappa shape index (κ1) is 16.7. The normalized spacial score (nSPS) is 10.6. The van der Waals surface area contributed by atoms with Crippen molar-refractivity contribution >= 4 is 22.7 Å². The molecule has 2 amide bonds. The molecule has 6 heteroatoms. The van der Waals surface area contributed by atoms with Gasteiger partial charge in [0.1, 0.15) is 5.82 Å². The van der Waals surface area contributed by atoms with E-state index in [-0.39, 0.29) is 24.2 Å². The van der Waals surface area contributed by atoms with Gasteiger partial charge in [-0.1, -0.05) is 18.2 Å². The zero-order valence-electron chi connectivity index (χ0n) is 13.8. The summed E-state index contributed by atoms with van der Waals surface area (Å²) < 4.78 is 14.7. The van der Waals surface area contributed by atoms with Crippen molar-refractivity contribution in [2.45, 2.75) is 0 Å². The molecule has 0 bridgehead atoms. The number of nitrogens with zero attached hydrogens (tertiary/aromatic N) is 1. The summed E-state index contributed by atoms with van der Waals surface area (Å²) in [6.07, 6.45) is 1.79. The van der Waals surface area contributed by atoms with Crippen molar-refractivity contribution < 1.29 is 14.0 Å². The van der Waals surface area contributed by atoms with Crippen LogP contribution in [0.15, 0.2) is 54.7 Å². The van der Waals surface area contributed by atoms with Crippen LogP contribution in [0.5, 0.6) is 0 Å². The van der Waals surface area contributed by atoms with E-state index in [0.717, 1.165) is 10.9 Å². The summed E-state index contributed by atoms with van der Waals surface area (Å²) in [5.74, 6) is -0.883. The van der Waals surface area contributed by atoms with Crippen molar-refractivity contribution in [3.05, 3.63) is 71.7 Å². The Labute approximate surface area is 144 Å². The second-order valence-corrected chi connectivity index (χ2v) is 5.69. The quantitative estimate of drug-likeness (QED) is 0.702. The fraction of sp³-hybridized carbons (Fsp3) is 0.158. The number of hydrogen-bond donors (Lipinski definition) is 2. The predicted octanol–water partition coefficient (Wildman–Crippen LogP) is 2.48. The molecule has 128 valence electrons. The molecule has 0 aliphatic heterocycles. The zero-order valence-corrected chi connectivity index (χ0v) is 13.8. The van der Waals surface area contributed by atoms with Crippen LogP contribution in [0.1, 0.15) is 20.7 Å². The standard InChI is InChI=1S/C19H18FN3O2/c1-23-12-16(15-4-2-3-5-17(15)23)19(25)22-11-10-21-18(24)13-6-8-14(20)9-7-13/h2-9,12H,10-11H2,1H3,(H,21,24)(H,22,25). The molecule has 1 heterocycles. The summed E-state index contributed by atoms with van der Waals surface area (Å²) in [5, 5.41) is 6.37. The van der Waals surface area contributed by atoms with E-state index in [4.69, 9.17) is 0 Å². The molecule has 2 N–H and O–H groups in total. The van der Waals surface area contributed by atoms with Crippen LogP contribution in [-0.2, 0) is 7.05 Å². The van der Waals surface area contributed by atoms with E-state index in [9.17, 15) is 14.0 Å². The molecule has 0 saturated heterocycles. The number of amides is 2. The highest BCUT2D eigenvalue weighted by molar-refractivity contribution is 6.07. The van der Waals surface area contributed by atoms with Crippen LogP contribution in [0, 0.1) is 5.82 Å². The lowest BCUT2D eigenvalue weighted by Gasteiger charge is -2.07. The highest BCUT2D eigenvalue weighted by Crippen LogP contribution is 2.19. The maximum atomic E-state index is 12.8. The fourth-order valence-corrected chi connectivity index (χ4v) is 2.67. The Bertz CT molecular complexity index is 916. The van der Waals surface area contributed by atoms with Crippen LogP contribution >= 0.6 is 0 Å². The largest absolute Gasteiger partial charge is 0.350 e. The average molecular weight is 339 g/mol. The number of rotatable bonds is 5. The lowest BCUT2D eigenvalue weighted by molar-refractivity contribution is 0.0928. The van der Waals surface area contributed by atoms with Gasteiger partial charge in [-0.3, -0.25) is 9.59 Å². The summed E-state index contributed by atoms with van der Waals surface area (Å²) in [6.45, 7) is 0.585. The minimum atomic E-state index is -0.390. The van der Waals surface area contributed by atoms with E-state index in [1.807, 2.05) is 35.9 Å². The number of carbonyl (C=O) groups is 2. The Balaban J connectivity index is 1.54. The molecule has 0 atom stereocenters. The molecule has 2 aromatic carbocycles. The lowest BCUT2D eigenvalue weighted by atomic mass is 10.1. The van der Waals surface area contributed by atoms with Gasteiger partial charge in [0.05, 0.1) is 5.56 Å². The van der Waals surface area contributed by atoms with Gasteiger partial charge >= 0.3 is 0 Å². The maximum Gasteiger partial charge on any atom is 0.253 e. The van der Waals surface area contributed by atoms with Gasteiger partial charge in [0.25, 0.3) is 11.8 Å². The number of fused-ring (bicyclic) bond motifs is 1. The zero-order chi connectivity index (χ0) is 17.8. The molecule has 3 rings (SSSR count). The highest BCUT2D eigenvalue weighted by Gasteiger charge is 2.13. The number of hydrogen-bond acceptors (Lipinski definition) is 2. The Morgan fingerprint density at radius 1 is 0.960 bits per heavy atom. The van der Waals surface area contributed by atoms with Crippen LogP contribution in [-0.4, -0.2) is 29.5 Å². The summed E-state index contributed by atoms with van der Waals surface area (Å²) >= 11 is 0. The van der Waals surface area contributed by atoms with E-state index < -0.39 is 0 Å². The molecular weight excluding hydrogens is 321 g/mol. The first-order chi connectivity index (χ1) is 12.1. The number of aryl methyl sites for hydroxylation is 1. The number of carbonyl (C=O) groups excluding carboxylic acids is 2. The molecule has 5 nitrogen and oxygen atoms in total. The van der Waals surface area contributed by atoms with Gasteiger partial charge in [-0.15, -0.1) is 0 Å². The van der Waals surface area contributed by atoms with Gasteiger partial charge in [-0.2, -0.15) is 0 Å². The smallest absolute Gasteiger partial charge is 0.253 e. The van der Waals surface area contributed by atoms with Crippen LogP contribution < -0.4 is 10.6 Å². The average Bonchev–Trinajstić information content (AvgIpc) is 2.96. The summed E-state index contributed by atoms with van der Waals surface area (Å²) in [4.78, 5) is 24.2. The van der Waals surface area contributed by atoms with Gasteiger partial charge in [0, 0.05) is 42.8 Å². The Hall–Kier alpha value is -3.15. The molecule has 0 saturated carbocycles. The molecule has 25 heavy (non-hydrogen) atoms. The van der Waals surface area contributed by atoms with Gasteiger partial charge in [0.2, 0.25) is 0 Å². The summed E-state index contributed by atoms with van der Waals surface area (Å²) in [7, 11) is 1.89. The SMILES string of the molecule is Cn1cc(C(=O)NCCNC(=O)c2ccc(F)cc2)c2ccccc21. The van der Waals surface area contributed by atoms with Crippen molar-refractivity contribution in [3.63, 3.8) is 0 Å². The van der Waals surface area contributed by atoms with Crippen molar-refractivity contribution in [1.82, 2.24) is 15.2 Å². The number of nitrogens with one attached hydrogen (secondary N) is 2. The van der Waals surface area contributed by atoms with Crippen molar-refractivity contribution in [1.29, 1.82) is 0 Å². The molecular formula is C19H18FN3O2. The molecule has 0 aliphatic rings. The maximum absolute atomic E-state index is 12.8. The molecule has 0 radical (unpaired) electrons. The number of aromatic nitrogens is 1. The number of benzene rings is 2. The van der Waals surface area contributed by atoms with Crippen molar-refractivity contribution in [2.75, 3.05) is 13.1 Å². The first-order valence-corrected chi connectivity index (χ1v) is 7.92. The van der Waals surface area contributed by atoms with Gasteiger partial charge in [0.15, 0.2) is 0 Å². The monoisotopic (exact) mass is 339 g/mol. The van der Waals surface area contributed by atoms with Gasteiger partial charge < -0.3 is 15.2 Å². The van der Waals surface area contributed by atoms with Gasteiger partial charge in [-0.05, 0) is 30.3 Å². The molecule has 1 aromatic heterocycles. The van der Waals surface area contributed by atoms with E-state index in [0.29, 0.717) is 17.7 Å². The second-order valence-electron chi connectivity index (χ2n) is 5.69. The van der Waals surface area contributed by atoms with Crippen molar-refractivity contribution in [2.24, 2.45) is 7.05 Å². The summed E-state index contributed by atoms with van der Waals surface area (Å²) in [5.41, 5.74) is 1.96. The van der Waals surface area contributed by atoms with E-state index >= 15 is 0 Å². The number of para-hydroxylation sites is 1. The topological polar surface area (TPSA) is 63.1 Å². The Morgan fingerprint density at radius 2 is 1.60 bits per heavy atom. The third-order valence-electron chi connectivity index (χ3n) is 3.94. The third kappa shape index (κ3) is 3.68. The van der Waals surface area contributed by atoms with E-state index in [1.165, 1.54) is 24.3 Å².